The topological polar surface area (TPSA) is 109 Å². The fourth-order valence-corrected chi connectivity index (χ4v) is 4.73. The van der Waals surface area contributed by atoms with Gasteiger partial charge in [-0.1, -0.05) is 18.2 Å². The smallest absolute Gasteiger partial charge is 0.338 e. The van der Waals surface area contributed by atoms with Crippen molar-refractivity contribution in [2.45, 2.75) is 5.41 Å². The summed E-state index contributed by atoms with van der Waals surface area (Å²) in [6.45, 7) is -0.0550. The van der Waals surface area contributed by atoms with Crippen LogP contribution < -0.4 is 20.3 Å². The molecular formula is C23H18N4O4. The Kier molecular flexibility index (Phi) is 3.86. The number of cyclic esters (lactones) is 1. The SMILES string of the molecule is COc1ccc(N2C(N)=C(C#N)[C@]3(C(=O)N(C)c4ccccc43)C3=C2COC3=O)cc1. The molecule has 0 fully saturated rings. The number of rotatable bonds is 2. The number of hydrogen-bond donors (Lipinski definition) is 1. The third-order valence-electron chi connectivity index (χ3n) is 6.09. The van der Waals surface area contributed by atoms with Crippen molar-refractivity contribution < 1.29 is 19.1 Å². The van der Waals surface area contributed by atoms with Gasteiger partial charge in [-0.2, -0.15) is 5.26 Å². The number of anilines is 2. The molecule has 2 aromatic rings. The van der Waals surface area contributed by atoms with E-state index >= 15 is 0 Å². The molecule has 31 heavy (non-hydrogen) atoms. The summed E-state index contributed by atoms with van der Waals surface area (Å²) in [5.74, 6) is -0.306. The van der Waals surface area contributed by atoms with Crippen LogP contribution in [0.4, 0.5) is 11.4 Å². The third kappa shape index (κ3) is 2.17. The van der Waals surface area contributed by atoms with Crippen molar-refractivity contribution in [3.05, 3.63) is 76.8 Å². The van der Waals surface area contributed by atoms with Crippen molar-refractivity contribution in [3.63, 3.8) is 0 Å². The number of esters is 1. The third-order valence-corrected chi connectivity index (χ3v) is 6.09. The van der Waals surface area contributed by atoms with Gasteiger partial charge >= 0.3 is 5.97 Å². The highest BCUT2D eigenvalue weighted by Crippen LogP contribution is 2.55. The summed E-state index contributed by atoms with van der Waals surface area (Å²) in [6, 6.07) is 16.3. The zero-order valence-electron chi connectivity index (χ0n) is 16.9. The van der Waals surface area contributed by atoms with Gasteiger partial charge in [0, 0.05) is 24.0 Å². The molecule has 3 aliphatic heterocycles. The molecule has 0 bridgehead atoms. The molecule has 0 saturated carbocycles. The molecule has 2 aromatic carbocycles. The monoisotopic (exact) mass is 414 g/mol. The first-order valence-corrected chi connectivity index (χ1v) is 9.59. The standard InChI is InChI=1S/C23H18N4O4/c1-26-17-6-4-3-5-15(17)23(22(26)29)16(11-24)20(25)27(18-12-31-21(28)19(18)23)13-7-9-14(30-2)10-8-13/h3-10H,12,25H2,1-2H3/t23-/m0/s1. The van der Waals surface area contributed by atoms with Crippen LogP contribution in [0.5, 0.6) is 5.75 Å². The van der Waals surface area contributed by atoms with E-state index in [-0.39, 0.29) is 23.6 Å². The minimum absolute atomic E-state index is 0.00252. The number of carbonyl (C=O) groups excluding carboxylic acids is 2. The molecule has 0 saturated heterocycles. The van der Waals surface area contributed by atoms with Crippen LogP contribution in [0.3, 0.4) is 0 Å². The predicted molar refractivity (Wildman–Crippen MR) is 112 cm³/mol. The number of methoxy groups -OCH3 is 1. The number of likely N-dealkylation sites (N-methyl/N-ethyl adjacent to an activating group) is 1. The average Bonchev–Trinajstić information content (AvgIpc) is 3.27. The van der Waals surface area contributed by atoms with Gasteiger partial charge in [0.2, 0.25) is 5.91 Å². The Labute approximate surface area is 178 Å². The molecule has 0 aromatic heterocycles. The van der Waals surface area contributed by atoms with E-state index in [0.717, 1.165) is 0 Å². The van der Waals surface area contributed by atoms with E-state index < -0.39 is 17.3 Å². The number of amides is 1. The van der Waals surface area contributed by atoms with E-state index in [9.17, 15) is 14.9 Å². The number of fused-ring (bicyclic) bond motifs is 3. The maximum atomic E-state index is 13.7. The molecule has 1 amide bonds. The minimum atomic E-state index is -1.63. The molecule has 0 unspecified atom stereocenters. The summed E-state index contributed by atoms with van der Waals surface area (Å²) >= 11 is 0. The van der Waals surface area contributed by atoms with Crippen molar-refractivity contribution in [1.82, 2.24) is 0 Å². The van der Waals surface area contributed by atoms with Crippen molar-refractivity contribution in [3.8, 4) is 11.8 Å². The van der Waals surface area contributed by atoms with Gasteiger partial charge in [0.1, 0.15) is 29.7 Å². The number of benzene rings is 2. The number of carbonyl (C=O) groups is 2. The summed E-state index contributed by atoms with van der Waals surface area (Å²) in [7, 11) is 3.18. The molecule has 2 N–H and O–H groups in total. The molecule has 8 nitrogen and oxygen atoms in total. The summed E-state index contributed by atoms with van der Waals surface area (Å²) in [4.78, 5) is 29.8. The normalized spacial score (nSPS) is 22.0. The van der Waals surface area contributed by atoms with Gasteiger partial charge in [0.15, 0.2) is 0 Å². The van der Waals surface area contributed by atoms with Crippen LogP contribution in [0.15, 0.2) is 71.2 Å². The van der Waals surface area contributed by atoms with Crippen molar-refractivity contribution >= 4 is 23.3 Å². The summed E-state index contributed by atoms with van der Waals surface area (Å²) in [5.41, 5.74) is 7.29. The van der Waals surface area contributed by atoms with E-state index in [1.807, 2.05) is 0 Å². The van der Waals surface area contributed by atoms with Crippen LogP contribution >= 0.6 is 0 Å². The number of nitrogens with two attached hydrogens (primary N) is 1. The second kappa shape index (κ2) is 6.37. The fraction of sp³-hybridized carbons (Fsp3) is 0.174. The molecule has 0 radical (unpaired) electrons. The Morgan fingerprint density at radius 2 is 1.87 bits per heavy atom. The van der Waals surface area contributed by atoms with Gasteiger partial charge in [-0.05, 0) is 30.3 Å². The second-order valence-corrected chi connectivity index (χ2v) is 7.43. The van der Waals surface area contributed by atoms with Crippen LogP contribution in [0.1, 0.15) is 5.56 Å². The summed E-state index contributed by atoms with van der Waals surface area (Å²) in [6.07, 6.45) is 0. The molecule has 154 valence electrons. The van der Waals surface area contributed by atoms with Gasteiger partial charge < -0.3 is 20.1 Å². The van der Waals surface area contributed by atoms with Crippen molar-refractivity contribution in [2.24, 2.45) is 5.73 Å². The van der Waals surface area contributed by atoms with E-state index in [4.69, 9.17) is 15.2 Å². The maximum Gasteiger partial charge on any atom is 0.338 e. The van der Waals surface area contributed by atoms with Gasteiger partial charge in [-0.25, -0.2) is 4.79 Å². The lowest BCUT2D eigenvalue weighted by molar-refractivity contribution is -0.137. The Morgan fingerprint density at radius 1 is 1.16 bits per heavy atom. The molecule has 3 aliphatic rings. The van der Waals surface area contributed by atoms with Crippen molar-refractivity contribution in [2.75, 3.05) is 30.6 Å². The van der Waals surface area contributed by atoms with Crippen LogP contribution in [0.2, 0.25) is 0 Å². The average molecular weight is 414 g/mol. The molecule has 1 spiro atoms. The van der Waals surface area contributed by atoms with E-state index in [1.165, 1.54) is 4.90 Å². The van der Waals surface area contributed by atoms with Crippen LogP contribution in [-0.4, -0.2) is 32.6 Å². The summed E-state index contributed by atoms with van der Waals surface area (Å²) < 4.78 is 10.6. The highest BCUT2D eigenvalue weighted by molar-refractivity contribution is 6.19. The van der Waals surface area contributed by atoms with E-state index in [2.05, 4.69) is 6.07 Å². The van der Waals surface area contributed by atoms with E-state index in [0.29, 0.717) is 28.4 Å². The highest BCUT2D eigenvalue weighted by atomic mass is 16.5. The van der Waals surface area contributed by atoms with Crippen LogP contribution in [0.25, 0.3) is 0 Å². The first-order chi connectivity index (χ1) is 15.0. The van der Waals surface area contributed by atoms with Crippen LogP contribution in [-0.2, 0) is 19.7 Å². The van der Waals surface area contributed by atoms with Gasteiger partial charge in [0.25, 0.3) is 0 Å². The van der Waals surface area contributed by atoms with Crippen LogP contribution in [0, 0.1) is 11.3 Å². The van der Waals surface area contributed by atoms with Gasteiger partial charge in [-0.3, -0.25) is 9.69 Å². The molecule has 0 aliphatic carbocycles. The first kappa shape index (κ1) is 18.8. The Balaban J connectivity index is 1.84. The Hall–Kier alpha value is -4.25. The number of nitriles is 1. The zero-order chi connectivity index (χ0) is 21.9. The molecule has 5 rings (SSSR count). The van der Waals surface area contributed by atoms with Gasteiger partial charge in [0.05, 0.1) is 24.0 Å². The highest BCUT2D eigenvalue weighted by Gasteiger charge is 2.63. The lowest BCUT2D eigenvalue weighted by Gasteiger charge is -2.38. The zero-order valence-corrected chi connectivity index (χ0v) is 16.9. The molecule has 3 heterocycles. The number of ether oxygens (including phenoxy) is 2. The van der Waals surface area contributed by atoms with Gasteiger partial charge in [-0.15, -0.1) is 0 Å². The largest absolute Gasteiger partial charge is 0.497 e. The lowest BCUT2D eigenvalue weighted by atomic mass is 9.67. The first-order valence-electron chi connectivity index (χ1n) is 9.59. The maximum absolute atomic E-state index is 13.7. The molecular weight excluding hydrogens is 396 g/mol. The molecule has 1 atom stereocenters. The predicted octanol–water partition coefficient (Wildman–Crippen LogP) is 1.93. The Morgan fingerprint density at radius 3 is 2.55 bits per heavy atom. The van der Waals surface area contributed by atoms with E-state index in [1.54, 1.807) is 67.6 Å². The number of hydrogen-bond acceptors (Lipinski definition) is 7. The number of para-hydroxylation sites is 1. The number of nitrogens with zero attached hydrogens (tertiary/aromatic N) is 3. The fourth-order valence-electron chi connectivity index (χ4n) is 4.73. The summed E-state index contributed by atoms with van der Waals surface area (Å²) in [5, 5.41) is 10.2. The minimum Gasteiger partial charge on any atom is -0.497 e. The molecule has 8 heteroatoms. The second-order valence-electron chi connectivity index (χ2n) is 7.43. The quantitative estimate of drug-likeness (QED) is 0.748. The van der Waals surface area contributed by atoms with Crippen molar-refractivity contribution in [1.29, 1.82) is 5.26 Å². The Bertz CT molecular complexity index is 1260. The lowest BCUT2D eigenvalue weighted by Crippen LogP contribution is -2.50.